The van der Waals surface area contributed by atoms with Gasteiger partial charge in [0, 0.05) is 0 Å². The van der Waals surface area contributed by atoms with Crippen LogP contribution in [0.1, 0.15) is 5.56 Å². The summed E-state index contributed by atoms with van der Waals surface area (Å²) >= 11 is 7.76. The van der Waals surface area contributed by atoms with Gasteiger partial charge in [-0.1, -0.05) is 16.8 Å². The van der Waals surface area contributed by atoms with E-state index in [1.165, 1.54) is 0 Å². The monoisotopic (exact) mass is 323 g/mol. The predicted molar refractivity (Wildman–Crippen MR) is 80.2 cm³/mol. The van der Waals surface area contributed by atoms with E-state index in [0.29, 0.717) is 5.58 Å². The zero-order chi connectivity index (χ0) is 15.0. The highest BCUT2D eigenvalue weighted by molar-refractivity contribution is 7.13. The van der Waals surface area contributed by atoms with Crippen molar-refractivity contribution in [2.45, 2.75) is 6.92 Å². The van der Waals surface area contributed by atoms with Gasteiger partial charge in [-0.3, -0.25) is 0 Å². The molecule has 5 nitrogen and oxygen atoms in total. The molecule has 3 rings (SSSR count). The Bertz CT molecular complexity index is 824. The van der Waals surface area contributed by atoms with E-state index in [0.717, 1.165) is 21.5 Å². The van der Waals surface area contributed by atoms with Crippen molar-refractivity contribution in [1.82, 2.24) is 5.16 Å². The van der Waals surface area contributed by atoms with Crippen LogP contribution in [0, 0.1) is 6.92 Å². The number of fused-ring (bicyclic) bond motifs is 1. The van der Waals surface area contributed by atoms with Crippen LogP contribution in [0.25, 0.3) is 21.5 Å². The van der Waals surface area contributed by atoms with Gasteiger partial charge in [-0.2, -0.15) is 0 Å². The topological polar surface area (TPSA) is 72.6 Å². The van der Waals surface area contributed by atoms with Crippen molar-refractivity contribution in [3.63, 3.8) is 0 Å². The average molecular weight is 324 g/mol. The van der Waals surface area contributed by atoms with Crippen LogP contribution in [-0.4, -0.2) is 22.8 Å². The molecule has 7 heteroatoms. The largest absolute Gasteiger partial charge is 0.480 e. The van der Waals surface area contributed by atoms with E-state index in [2.05, 4.69) is 5.16 Å². The van der Waals surface area contributed by atoms with E-state index in [9.17, 15) is 4.79 Å². The lowest BCUT2D eigenvalue weighted by Crippen LogP contribution is -2.09. The smallest absolute Gasteiger partial charge is 0.341 e. The molecule has 0 fully saturated rings. The van der Waals surface area contributed by atoms with Gasteiger partial charge in [0.15, 0.2) is 12.2 Å². The number of carbonyl (C=O) groups is 1. The Labute approximate surface area is 128 Å². The number of hydrogen-bond acceptors (Lipinski definition) is 5. The van der Waals surface area contributed by atoms with Gasteiger partial charge in [0.2, 0.25) is 0 Å². The summed E-state index contributed by atoms with van der Waals surface area (Å²) in [6.45, 7) is 1.54. The maximum atomic E-state index is 10.5. The van der Waals surface area contributed by atoms with Crippen LogP contribution in [0.15, 0.2) is 28.1 Å². The second kappa shape index (κ2) is 5.38. The van der Waals surface area contributed by atoms with Crippen LogP contribution in [-0.2, 0) is 4.79 Å². The fourth-order valence-electron chi connectivity index (χ4n) is 1.98. The number of hydrogen-bond donors (Lipinski definition) is 1. The maximum absolute atomic E-state index is 10.5. The lowest BCUT2D eigenvalue weighted by Gasteiger charge is -2.05. The first kappa shape index (κ1) is 13.9. The molecule has 0 saturated carbocycles. The number of carboxylic acids is 1. The minimum absolute atomic E-state index is 0.224. The van der Waals surface area contributed by atoms with Crippen molar-refractivity contribution >= 4 is 39.9 Å². The highest BCUT2D eigenvalue weighted by Crippen LogP contribution is 2.39. The Balaban J connectivity index is 2.07. The first-order valence-electron chi connectivity index (χ1n) is 6.05. The van der Waals surface area contributed by atoms with Crippen LogP contribution >= 0.6 is 22.9 Å². The number of benzene rings is 1. The average Bonchev–Trinajstić information content (AvgIpc) is 3.04. The molecule has 0 unspecified atom stereocenters. The van der Waals surface area contributed by atoms with E-state index >= 15 is 0 Å². The third-order valence-corrected chi connectivity index (χ3v) is 4.35. The van der Waals surface area contributed by atoms with Crippen molar-refractivity contribution in [3.05, 3.63) is 34.2 Å². The van der Waals surface area contributed by atoms with Crippen molar-refractivity contribution in [3.8, 4) is 16.3 Å². The third kappa shape index (κ3) is 2.48. The van der Waals surface area contributed by atoms with Crippen molar-refractivity contribution in [1.29, 1.82) is 0 Å². The van der Waals surface area contributed by atoms with Crippen LogP contribution < -0.4 is 4.74 Å². The Morgan fingerprint density at radius 1 is 1.48 bits per heavy atom. The first-order valence-corrected chi connectivity index (χ1v) is 7.30. The molecule has 0 spiro atoms. The maximum Gasteiger partial charge on any atom is 0.341 e. The lowest BCUT2D eigenvalue weighted by atomic mass is 10.1. The number of halogens is 1. The van der Waals surface area contributed by atoms with Crippen LogP contribution in [0.3, 0.4) is 0 Å². The lowest BCUT2D eigenvalue weighted by molar-refractivity contribution is -0.139. The van der Waals surface area contributed by atoms with Crippen molar-refractivity contribution in [2.75, 3.05) is 6.61 Å². The highest BCUT2D eigenvalue weighted by atomic mass is 35.5. The van der Waals surface area contributed by atoms with Crippen molar-refractivity contribution in [2.24, 2.45) is 0 Å². The molecule has 1 aromatic carbocycles. The molecule has 1 N–H and O–H groups in total. The number of aryl methyl sites for hydroxylation is 1. The fourth-order valence-corrected chi connectivity index (χ4v) is 3.16. The molecule has 0 amide bonds. The molecule has 0 saturated heterocycles. The molecule has 21 heavy (non-hydrogen) atoms. The number of nitrogens with zero attached hydrogens (tertiary/aromatic N) is 1. The third-order valence-electron chi connectivity index (χ3n) is 2.97. The van der Waals surface area contributed by atoms with E-state index in [-0.39, 0.29) is 10.8 Å². The Morgan fingerprint density at radius 2 is 2.29 bits per heavy atom. The summed E-state index contributed by atoms with van der Waals surface area (Å²) in [7, 11) is 0. The van der Waals surface area contributed by atoms with E-state index < -0.39 is 12.6 Å². The van der Waals surface area contributed by atoms with E-state index in [4.69, 9.17) is 26.0 Å². The number of aromatic nitrogens is 1. The summed E-state index contributed by atoms with van der Waals surface area (Å²) in [4.78, 5) is 11.6. The van der Waals surface area contributed by atoms with Gasteiger partial charge in [-0.05, 0) is 36.1 Å². The Hall–Kier alpha value is -2.05. The number of aliphatic carboxylic acids is 1. The van der Waals surface area contributed by atoms with Gasteiger partial charge in [0.1, 0.15) is 16.5 Å². The molecule has 0 aliphatic rings. The van der Waals surface area contributed by atoms with E-state index in [1.807, 2.05) is 18.4 Å². The van der Waals surface area contributed by atoms with Gasteiger partial charge in [0.25, 0.3) is 0 Å². The summed E-state index contributed by atoms with van der Waals surface area (Å²) in [6, 6.07) is 5.40. The van der Waals surface area contributed by atoms with Gasteiger partial charge in [-0.25, -0.2) is 4.79 Å². The number of rotatable bonds is 4. The number of ether oxygens (including phenoxy) is 1. The van der Waals surface area contributed by atoms with Crippen LogP contribution in [0.4, 0.5) is 0 Å². The van der Waals surface area contributed by atoms with Gasteiger partial charge in [-0.15, -0.1) is 11.3 Å². The second-order valence-corrected chi connectivity index (χ2v) is 5.69. The van der Waals surface area contributed by atoms with Gasteiger partial charge < -0.3 is 14.4 Å². The normalized spacial score (nSPS) is 11.0. The predicted octanol–water partition coefficient (Wildman–Crippen LogP) is 3.98. The van der Waals surface area contributed by atoms with Crippen molar-refractivity contribution < 1.29 is 19.2 Å². The SMILES string of the molecule is Cc1ccsc1-c1noc2c(Cl)c(OCC(=O)O)ccc12. The molecule has 108 valence electrons. The first-order chi connectivity index (χ1) is 10.1. The molecule has 2 aromatic heterocycles. The van der Waals surface area contributed by atoms with Crippen LogP contribution in [0.5, 0.6) is 5.75 Å². The summed E-state index contributed by atoms with van der Waals surface area (Å²) in [5, 5.41) is 15.7. The quantitative estimate of drug-likeness (QED) is 0.786. The summed E-state index contributed by atoms with van der Waals surface area (Å²) in [5.74, 6) is -0.809. The Morgan fingerprint density at radius 3 is 2.95 bits per heavy atom. The molecule has 0 atom stereocenters. The van der Waals surface area contributed by atoms with Gasteiger partial charge in [0.05, 0.1) is 10.3 Å². The zero-order valence-electron chi connectivity index (χ0n) is 10.9. The van der Waals surface area contributed by atoms with Crippen LogP contribution in [0.2, 0.25) is 5.02 Å². The number of carboxylic acid groups (broad SMARTS) is 1. The molecule has 0 bridgehead atoms. The number of thiophene rings is 1. The zero-order valence-corrected chi connectivity index (χ0v) is 12.5. The molecular weight excluding hydrogens is 314 g/mol. The Kier molecular flexibility index (Phi) is 3.57. The summed E-state index contributed by atoms with van der Waals surface area (Å²) in [6.07, 6.45) is 0. The molecular formula is C14H10ClNO4S. The minimum atomic E-state index is -1.07. The fraction of sp³-hybridized carbons (Fsp3) is 0.143. The van der Waals surface area contributed by atoms with E-state index in [1.54, 1.807) is 23.5 Å². The summed E-state index contributed by atoms with van der Waals surface area (Å²) in [5.41, 5.74) is 2.23. The molecule has 2 heterocycles. The molecule has 3 aromatic rings. The molecule has 0 aliphatic heterocycles. The minimum Gasteiger partial charge on any atom is -0.480 e. The molecule has 0 radical (unpaired) electrons. The second-order valence-electron chi connectivity index (χ2n) is 4.40. The summed E-state index contributed by atoms with van der Waals surface area (Å²) < 4.78 is 10.4. The molecule has 0 aliphatic carbocycles. The standard InChI is InChI=1S/C14H10ClNO4S/c1-7-4-5-21-14(7)12-8-2-3-9(19-6-10(17)18)11(15)13(8)20-16-12/h2-5H,6H2,1H3,(H,17,18). The van der Waals surface area contributed by atoms with Gasteiger partial charge >= 0.3 is 5.97 Å². The highest BCUT2D eigenvalue weighted by Gasteiger charge is 2.18.